The third kappa shape index (κ3) is 7.06. The van der Waals surface area contributed by atoms with Gasteiger partial charge in [-0.3, -0.25) is 4.79 Å². The van der Waals surface area contributed by atoms with Gasteiger partial charge in [-0.05, 0) is 19.8 Å². The molecule has 0 amide bonds. The maximum atomic E-state index is 10.1. The van der Waals surface area contributed by atoms with Crippen LogP contribution in [0.1, 0.15) is 26.2 Å². The van der Waals surface area contributed by atoms with Crippen molar-refractivity contribution in [1.82, 2.24) is 0 Å². The molecule has 0 atom stereocenters. The fourth-order valence-electron chi connectivity index (χ4n) is 0.776. The van der Waals surface area contributed by atoms with E-state index in [0.29, 0.717) is 6.42 Å². The summed E-state index contributed by atoms with van der Waals surface area (Å²) in [5.41, 5.74) is 1.05. The summed E-state index contributed by atoms with van der Waals surface area (Å²) in [5.74, 6) is -0.762. The molecule has 3 heteroatoms. The van der Waals surface area contributed by atoms with Gasteiger partial charge in [0.1, 0.15) is 0 Å². The molecule has 0 saturated carbocycles. The van der Waals surface area contributed by atoms with Crippen molar-refractivity contribution in [2.45, 2.75) is 26.2 Å². The van der Waals surface area contributed by atoms with Gasteiger partial charge in [0.25, 0.3) is 0 Å². The Morgan fingerprint density at radius 3 is 2.55 bits per heavy atom. The summed E-state index contributed by atoms with van der Waals surface area (Å²) in [4.78, 5) is 10.1. The number of carboxylic acid groups (broad SMARTS) is 1. The minimum atomic E-state index is -0.762. The second kappa shape index (κ2) is 5.92. The number of aliphatic hydroxyl groups excluding tert-OH is 1. The number of hydrogen-bond acceptors (Lipinski definition) is 2. The van der Waals surface area contributed by atoms with Crippen LogP contribution in [-0.2, 0) is 4.79 Å². The highest BCUT2D eigenvalue weighted by molar-refractivity contribution is 5.66. The number of rotatable bonds is 5. The Morgan fingerprint density at radius 2 is 2.09 bits per heavy atom. The highest BCUT2D eigenvalue weighted by atomic mass is 16.4. The van der Waals surface area contributed by atoms with Crippen LogP contribution in [0.25, 0.3) is 0 Å². The SMILES string of the molecule is C/C(=C/CO)CCCC(=O)O. The maximum Gasteiger partial charge on any atom is 0.303 e. The van der Waals surface area contributed by atoms with Gasteiger partial charge in [-0.1, -0.05) is 11.6 Å². The van der Waals surface area contributed by atoms with Gasteiger partial charge in [0, 0.05) is 6.42 Å². The van der Waals surface area contributed by atoms with Crippen molar-refractivity contribution in [3.63, 3.8) is 0 Å². The summed E-state index contributed by atoms with van der Waals surface area (Å²) in [7, 11) is 0. The van der Waals surface area contributed by atoms with Crippen molar-refractivity contribution in [3.05, 3.63) is 11.6 Å². The molecule has 2 N–H and O–H groups in total. The van der Waals surface area contributed by atoms with Gasteiger partial charge in [0.2, 0.25) is 0 Å². The molecule has 0 saturated heterocycles. The smallest absolute Gasteiger partial charge is 0.303 e. The predicted octanol–water partition coefficient (Wildman–Crippen LogP) is 1.18. The standard InChI is InChI=1S/C8H14O3/c1-7(5-6-9)3-2-4-8(10)11/h5,9H,2-4,6H2,1H3,(H,10,11)/b7-5-. The van der Waals surface area contributed by atoms with Crippen molar-refractivity contribution in [3.8, 4) is 0 Å². The molecule has 0 radical (unpaired) electrons. The third-order valence-electron chi connectivity index (χ3n) is 1.40. The van der Waals surface area contributed by atoms with Crippen molar-refractivity contribution in [2.24, 2.45) is 0 Å². The lowest BCUT2D eigenvalue weighted by molar-refractivity contribution is -0.137. The van der Waals surface area contributed by atoms with Crippen molar-refractivity contribution in [2.75, 3.05) is 6.61 Å². The largest absolute Gasteiger partial charge is 0.481 e. The summed E-state index contributed by atoms with van der Waals surface area (Å²) >= 11 is 0. The zero-order valence-electron chi connectivity index (χ0n) is 6.71. The first kappa shape index (κ1) is 10.2. The van der Waals surface area contributed by atoms with Crippen LogP contribution in [0.5, 0.6) is 0 Å². The van der Waals surface area contributed by atoms with Crippen molar-refractivity contribution < 1.29 is 15.0 Å². The van der Waals surface area contributed by atoms with Crippen LogP contribution < -0.4 is 0 Å². The number of aliphatic hydroxyl groups is 1. The fraction of sp³-hybridized carbons (Fsp3) is 0.625. The minimum absolute atomic E-state index is 0.0406. The van der Waals surface area contributed by atoms with E-state index in [-0.39, 0.29) is 13.0 Å². The van der Waals surface area contributed by atoms with E-state index in [1.165, 1.54) is 0 Å². The molecule has 0 spiro atoms. The first-order valence-corrected chi connectivity index (χ1v) is 3.65. The topological polar surface area (TPSA) is 57.5 Å². The first-order valence-electron chi connectivity index (χ1n) is 3.65. The molecule has 0 aromatic carbocycles. The van der Waals surface area contributed by atoms with Gasteiger partial charge >= 0.3 is 5.97 Å². The van der Waals surface area contributed by atoms with Crippen LogP contribution in [0.3, 0.4) is 0 Å². The molecule has 64 valence electrons. The zero-order valence-corrected chi connectivity index (χ0v) is 6.71. The van der Waals surface area contributed by atoms with Crippen molar-refractivity contribution >= 4 is 5.97 Å². The highest BCUT2D eigenvalue weighted by Gasteiger charge is 1.96. The Labute approximate surface area is 66.4 Å². The molecule has 0 aliphatic heterocycles. The second-order valence-electron chi connectivity index (χ2n) is 2.48. The summed E-state index contributed by atoms with van der Waals surface area (Å²) in [5, 5.41) is 16.7. The summed E-state index contributed by atoms with van der Waals surface area (Å²) in [6.45, 7) is 1.93. The Bertz CT molecular complexity index is 149. The van der Waals surface area contributed by atoms with E-state index in [4.69, 9.17) is 10.2 Å². The first-order chi connectivity index (χ1) is 5.16. The zero-order chi connectivity index (χ0) is 8.69. The van der Waals surface area contributed by atoms with E-state index in [0.717, 1.165) is 12.0 Å². The van der Waals surface area contributed by atoms with Crippen LogP contribution in [0, 0.1) is 0 Å². The molecule has 0 aliphatic carbocycles. The number of carboxylic acids is 1. The Kier molecular flexibility index (Phi) is 5.47. The van der Waals surface area contributed by atoms with Crippen LogP contribution in [-0.4, -0.2) is 22.8 Å². The normalized spacial score (nSPS) is 11.6. The van der Waals surface area contributed by atoms with Crippen LogP contribution in [0.15, 0.2) is 11.6 Å². The quantitative estimate of drug-likeness (QED) is 0.591. The maximum absolute atomic E-state index is 10.1. The number of hydrogen-bond donors (Lipinski definition) is 2. The van der Waals surface area contributed by atoms with Crippen LogP contribution in [0.4, 0.5) is 0 Å². The molecular formula is C8H14O3. The van der Waals surface area contributed by atoms with E-state index in [1.54, 1.807) is 6.08 Å². The molecule has 0 rings (SSSR count). The molecule has 0 unspecified atom stereocenters. The van der Waals surface area contributed by atoms with E-state index >= 15 is 0 Å². The summed E-state index contributed by atoms with van der Waals surface area (Å²) in [6, 6.07) is 0. The van der Waals surface area contributed by atoms with Gasteiger partial charge in [-0.2, -0.15) is 0 Å². The third-order valence-corrected chi connectivity index (χ3v) is 1.40. The van der Waals surface area contributed by atoms with Gasteiger partial charge < -0.3 is 10.2 Å². The minimum Gasteiger partial charge on any atom is -0.481 e. The van der Waals surface area contributed by atoms with Gasteiger partial charge in [0.15, 0.2) is 0 Å². The lowest BCUT2D eigenvalue weighted by Gasteiger charge is -1.97. The van der Waals surface area contributed by atoms with E-state index < -0.39 is 5.97 Å². The molecule has 3 nitrogen and oxygen atoms in total. The Morgan fingerprint density at radius 1 is 1.45 bits per heavy atom. The van der Waals surface area contributed by atoms with E-state index in [2.05, 4.69) is 0 Å². The summed E-state index contributed by atoms with van der Waals surface area (Å²) in [6.07, 6.45) is 3.31. The van der Waals surface area contributed by atoms with Crippen LogP contribution >= 0.6 is 0 Å². The van der Waals surface area contributed by atoms with Gasteiger partial charge in [-0.25, -0.2) is 0 Å². The van der Waals surface area contributed by atoms with Gasteiger partial charge in [0.05, 0.1) is 6.61 Å². The monoisotopic (exact) mass is 158 g/mol. The highest BCUT2D eigenvalue weighted by Crippen LogP contribution is 2.05. The van der Waals surface area contributed by atoms with Gasteiger partial charge in [-0.15, -0.1) is 0 Å². The lowest BCUT2D eigenvalue weighted by atomic mass is 10.1. The fourth-order valence-corrected chi connectivity index (χ4v) is 0.776. The molecule has 0 bridgehead atoms. The molecule has 0 aliphatic rings. The Balaban J connectivity index is 3.38. The Hall–Kier alpha value is -0.830. The number of aliphatic carboxylic acids is 1. The number of carbonyl (C=O) groups is 1. The average molecular weight is 158 g/mol. The van der Waals surface area contributed by atoms with Crippen LogP contribution in [0.2, 0.25) is 0 Å². The lowest BCUT2D eigenvalue weighted by Crippen LogP contribution is -1.94. The molecule has 0 aromatic heterocycles. The molecule has 11 heavy (non-hydrogen) atoms. The van der Waals surface area contributed by atoms with Crippen molar-refractivity contribution in [1.29, 1.82) is 0 Å². The second-order valence-corrected chi connectivity index (χ2v) is 2.48. The molecule has 0 aromatic rings. The molecular weight excluding hydrogens is 144 g/mol. The van der Waals surface area contributed by atoms with E-state index in [9.17, 15) is 4.79 Å². The summed E-state index contributed by atoms with van der Waals surface area (Å²) < 4.78 is 0. The average Bonchev–Trinajstić information content (AvgIpc) is 1.87. The predicted molar refractivity (Wildman–Crippen MR) is 42.3 cm³/mol. The van der Waals surface area contributed by atoms with E-state index in [1.807, 2.05) is 6.92 Å². The molecule has 0 fully saturated rings. The number of allylic oxidation sites excluding steroid dienone is 1. The molecule has 0 heterocycles.